The van der Waals surface area contributed by atoms with E-state index in [0.29, 0.717) is 12.1 Å². The van der Waals surface area contributed by atoms with Crippen LogP contribution in [0, 0.1) is 5.41 Å². The van der Waals surface area contributed by atoms with Crippen LogP contribution in [0.25, 0.3) is 0 Å². The summed E-state index contributed by atoms with van der Waals surface area (Å²) in [6.07, 6.45) is 4.39. The van der Waals surface area contributed by atoms with E-state index >= 15 is 0 Å². The first-order valence-electron chi connectivity index (χ1n) is 5.99. The van der Waals surface area contributed by atoms with Gasteiger partial charge < -0.3 is 14.4 Å². The zero-order chi connectivity index (χ0) is 13.3. The number of furan rings is 1. The number of piperidine rings is 1. The minimum absolute atomic E-state index is 0.274. The molecular formula is C13H17NO4. The van der Waals surface area contributed by atoms with E-state index in [2.05, 4.69) is 0 Å². The lowest BCUT2D eigenvalue weighted by atomic mass is 9.76. The molecule has 98 valence electrons. The molecule has 0 aliphatic carbocycles. The molecule has 1 aliphatic rings. The van der Waals surface area contributed by atoms with Gasteiger partial charge in [-0.3, -0.25) is 4.79 Å². The SMILES string of the molecule is CC1(C)CCCN(C(=O)c2ccoc2)C1C(=O)O. The summed E-state index contributed by atoms with van der Waals surface area (Å²) in [6, 6.07) is 0.775. The van der Waals surface area contributed by atoms with Gasteiger partial charge >= 0.3 is 5.97 Å². The van der Waals surface area contributed by atoms with Gasteiger partial charge in [0.15, 0.2) is 0 Å². The number of carboxylic acids is 1. The molecule has 1 unspecified atom stereocenters. The number of carboxylic acid groups (broad SMARTS) is 1. The second-order valence-corrected chi connectivity index (χ2v) is 5.34. The van der Waals surface area contributed by atoms with Gasteiger partial charge in [0, 0.05) is 6.54 Å². The van der Waals surface area contributed by atoms with E-state index in [9.17, 15) is 14.7 Å². The van der Waals surface area contributed by atoms with Crippen molar-refractivity contribution in [2.75, 3.05) is 6.54 Å². The fourth-order valence-electron chi connectivity index (χ4n) is 2.63. The Bertz CT molecular complexity index is 450. The average molecular weight is 251 g/mol. The van der Waals surface area contributed by atoms with E-state index in [1.54, 1.807) is 6.07 Å². The van der Waals surface area contributed by atoms with Crippen molar-refractivity contribution in [1.29, 1.82) is 0 Å². The standard InChI is InChI=1S/C13H17NO4/c1-13(2)5-3-6-14(10(13)12(16)17)11(15)9-4-7-18-8-9/h4,7-8,10H,3,5-6H2,1-2H3,(H,16,17). The molecule has 0 radical (unpaired) electrons. The van der Waals surface area contributed by atoms with Crippen molar-refractivity contribution in [2.24, 2.45) is 5.41 Å². The van der Waals surface area contributed by atoms with Crippen LogP contribution in [0.3, 0.4) is 0 Å². The molecule has 2 rings (SSSR count). The lowest BCUT2D eigenvalue weighted by Crippen LogP contribution is -2.56. The Balaban J connectivity index is 2.30. The van der Waals surface area contributed by atoms with Crippen LogP contribution in [0.1, 0.15) is 37.0 Å². The summed E-state index contributed by atoms with van der Waals surface area (Å²) in [7, 11) is 0. The van der Waals surface area contributed by atoms with Crippen LogP contribution in [0.2, 0.25) is 0 Å². The highest BCUT2D eigenvalue weighted by Gasteiger charge is 2.44. The predicted molar refractivity (Wildman–Crippen MR) is 64.2 cm³/mol. The monoisotopic (exact) mass is 251 g/mol. The minimum Gasteiger partial charge on any atom is -0.480 e. The molecular weight excluding hydrogens is 234 g/mol. The Morgan fingerprint density at radius 3 is 2.78 bits per heavy atom. The van der Waals surface area contributed by atoms with Crippen molar-refractivity contribution >= 4 is 11.9 Å². The topological polar surface area (TPSA) is 70.8 Å². The fourth-order valence-corrected chi connectivity index (χ4v) is 2.63. The van der Waals surface area contributed by atoms with Crippen molar-refractivity contribution in [1.82, 2.24) is 4.90 Å². The van der Waals surface area contributed by atoms with Crippen molar-refractivity contribution < 1.29 is 19.1 Å². The van der Waals surface area contributed by atoms with Crippen LogP contribution < -0.4 is 0 Å². The molecule has 1 amide bonds. The molecule has 1 fully saturated rings. The first kappa shape index (κ1) is 12.7. The number of amides is 1. The predicted octanol–water partition coefficient (Wildman–Crippen LogP) is 1.99. The highest BCUT2D eigenvalue weighted by molar-refractivity contribution is 5.96. The second-order valence-electron chi connectivity index (χ2n) is 5.34. The maximum Gasteiger partial charge on any atom is 0.326 e. The number of carbonyl (C=O) groups is 2. The largest absolute Gasteiger partial charge is 0.480 e. The summed E-state index contributed by atoms with van der Waals surface area (Å²) in [5, 5.41) is 9.37. The van der Waals surface area contributed by atoms with Crippen LogP contribution in [0.4, 0.5) is 0 Å². The number of hydrogen-bond donors (Lipinski definition) is 1. The van der Waals surface area contributed by atoms with Gasteiger partial charge in [-0.1, -0.05) is 13.8 Å². The summed E-state index contributed by atoms with van der Waals surface area (Å²) >= 11 is 0. The van der Waals surface area contributed by atoms with Crippen LogP contribution in [0.15, 0.2) is 23.0 Å². The smallest absolute Gasteiger partial charge is 0.326 e. The van der Waals surface area contributed by atoms with Crippen LogP contribution >= 0.6 is 0 Å². The van der Waals surface area contributed by atoms with Gasteiger partial charge in [0.25, 0.3) is 5.91 Å². The molecule has 0 bridgehead atoms. The normalized spacial score (nSPS) is 22.8. The molecule has 1 atom stereocenters. The van der Waals surface area contributed by atoms with Crippen molar-refractivity contribution in [3.05, 3.63) is 24.2 Å². The van der Waals surface area contributed by atoms with Gasteiger partial charge in [-0.25, -0.2) is 4.79 Å². The Kier molecular flexibility index (Phi) is 3.15. The van der Waals surface area contributed by atoms with Gasteiger partial charge in [-0.2, -0.15) is 0 Å². The third-order valence-corrected chi connectivity index (χ3v) is 3.53. The molecule has 1 aromatic rings. The second kappa shape index (κ2) is 4.48. The zero-order valence-corrected chi connectivity index (χ0v) is 10.5. The van der Waals surface area contributed by atoms with Crippen molar-refractivity contribution in [2.45, 2.75) is 32.7 Å². The molecule has 0 saturated carbocycles. The molecule has 1 aliphatic heterocycles. The summed E-state index contributed by atoms with van der Waals surface area (Å²) in [5.41, 5.74) is -0.0114. The quantitative estimate of drug-likeness (QED) is 0.872. The van der Waals surface area contributed by atoms with E-state index in [-0.39, 0.29) is 5.91 Å². The number of likely N-dealkylation sites (tertiary alicyclic amines) is 1. The number of rotatable bonds is 2. The van der Waals surface area contributed by atoms with E-state index in [1.807, 2.05) is 13.8 Å². The van der Waals surface area contributed by atoms with E-state index in [4.69, 9.17) is 4.42 Å². The molecule has 5 nitrogen and oxygen atoms in total. The summed E-state index contributed by atoms with van der Waals surface area (Å²) in [4.78, 5) is 25.1. The highest BCUT2D eigenvalue weighted by atomic mass is 16.4. The molecule has 18 heavy (non-hydrogen) atoms. The third kappa shape index (κ3) is 2.12. The molecule has 1 aromatic heterocycles. The lowest BCUT2D eigenvalue weighted by molar-refractivity contribution is -0.148. The van der Waals surface area contributed by atoms with Gasteiger partial charge in [0.1, 0.15) is 12.3 Å². The Hall–Kier alpha value is -1.78. The highest BCUT2D eigenvalue weighted by Crippen LogP contribution is 2.36. The summed E-state index contributed by atoms with van der Waals surface area (Å²) in [6.45, 7) is 4.26. The van der Waals surface area contributed by atoms with E-state index in [0.717, 1.165) is 12.8 Å². The molecule has 2 heterocycles. The zero-order valence-electron chi connectivity index (χ0n) is 10.5. The summed E-state index contributed by atoms with van der Waals surface area (Å²) in [5.74, 6) is -1.22. The van der Waals surface area contributed by atoms with Gasteiger partial charge in [-0.05, 0) is 24.3 Å². The van der Waals surface area contributed by atoms with Gasteiger partial charge in [-0.15, -0.1) is 0 Å². The maximum atomic E-state index is 12.3. The maximum absolute atomic E-state index is 12.3. The Morgan fingerprint density at radius 1 is 1.50 bits per heavy atom. The average Bonchev–Trinajstić information content (AvgIpc) is 2.79. The van der Waals surface area contributed by atoms with Gasteiger partial charge in [0.2, 0.25) is 0 Å². The van der Waals surface area contributed by atoms with Crippen molar-refractivity contribution in [3.8, 4) is 0 Å². The molecule has 5 heteroatoms. The van der Waals surface area contributed by atoms with Crippen molar-refractivity contribution in [3.63, 3.8) is 0 Å². The van der Waals surface area contributed by atoms with Crippen LogP contribution in [0.5, 0.6) is 0 Å². The number of carbonyl (C=O) groups excluding carboxylic acids is 1. The van der Waals surface area contributed by atoms with Crippen LogP contribution in [-0.4, -0.2) is 34.5 Å². The number of nitrogens with zero attached hydrogens (tertiary/aromatic N) is 1. The van der Waals surface area contributed by atoms with E-state index < -0.39 is 17.4 Å². The first-order valence-corrected chi connectivity index (χ1v) is 5.99. The third-order valence-electron chi connectivity index (χ3n) is 3.53. The van der Waals surface area contributed by atoms with Crippen LogP contribution in [-0.2, 0) is 4.79 Å². The molecule has 1 N–H and O–H groups in total. The van der Waals surface area contributed by atoms with Gasteiger partial charge in [0.05, 0.1) is 11.8 Å². The number of hydrogen-bond acceptors (Lipinski definition) is 3. The molecule has 0 spiro atoms. The molecule has 1 saturated heterocycles. The summed E-state index contributed by atoms with van der Waals surface area (Å²) < 4.78 is 4.88. The number of aliphatic carboxylic acids is 1. The lowest BCUT2D eigenvalue weighted by Gasteiger charge is -2.43. The Labute approximate surface area is 105 Å². The van der Waals surface area contributed by atoms with E-state index in [1.165, 1.54) is 17.4 Å². The Morgan fingerprint density at radius 2 is 2.22 bits per heavy atom. The fraction of sp³-hybridized carbons (Fsp3) is 0.538. The minimum atomic E-state index is -0.948. The molecule has 0 aromatic carbocycles. The first-order chi connectivity index (χ1) is 8.43.